The van der Waals surface area contributed by atoms with Gasteiger partial charge in [-0.25, -0.2) is 4.79 Å². The number of rotatable bonds is 10. The van der Waals surface area contributed by atoms with Crippen molar-refractivity contribution in [3.8, 4) is 5.75 Å². The minimum Gasteiger partial charge on any atom is -0.487 e. The molecule has 0 aromatic heterocycles. The summed E-state index contributed by atoms with van der Waals surface area (Å²) in [5, 5.41) is 47.5. The van der Waals surface area contributed by atoms with Gasteiger partial charge in [0.05, 0.1) is 18.6 Å². The smallest absolute Gasteiger partial charge is 0.369 e. The third-order valence-electron chi connectivity index (χ3n) is 13.1. The number of carbonyl (C=O) groups is 9. The lowest BCUT2D eigenvalue weighted by atomic mass is 9.93. The van der Waals surface area contributed by atoms with Crippen LogP contribution in [0.25, 0.3) is 0 Å². The van der Waals surface area contributed by atoms with Crippen molar-refractivity contribution >= 4 is 53.3 Å². The zero-order chi connectivity index (χ0) is 54.5. The Bertz CT molecular complexity index is 2330. The van der Waals surface area contributed by atoms with E-state index in [1.807, 2.05) is 0 Å². The Morgan fingerprint density at radius 2 is 1.42 bits per heavy atom. The van der Waals surface area contributed by atoms with Gasteiger partial charge in [-0.2, -0.15) is 0 Å². The van der Waals surface area contributed by atoms with E-state index >= 15 is 4.79 Å². The van der Waals surface area contributed by atoms with Crippen molar-refractivity contribution in [2.45, 2.75) is 136 Å². The van der Waals surface area contributed by atoms with E-state index in [0.29, 0.717) is 5.56 Å². The molecule has 0 aliphatic carbocycles. The number of fused-ring (bicyclic) bond motifs is 10. The summed E-state index contributed by atoms with van der Waals surface area (Å²) in [6.07, 6.45) is -4.58. The first-order chi connectivity index (χ1) is 34.3. The average Bonchev–Trinajstić information content (AvgIpc) is 3.36. The van der Waals surface area contributed by atoms with E-state index in [9.17, 15) is 53.7 Å². The van der Waals surface area contributed by atoms with Crippen LogP contribution in [0.3, 0.4) is 0 Å². The van der Waals surface area contributed by atoms with Gasteiger partial charge in [-0.05, 0) is 60.9 Å². The molecule has 0 unspecified atom stereocenters. The van der Waals surface area contributed by atoms with Crippen molar-refractivity contribution in [1.82, 2.24) is 36.8 Å². The van der Waals surface area contributed by atoms with Crippen LogP contribution in [0, 0.1) is 23.7 Å². The fraction of sp³-hybridized carbons (Fsp3) is 0.549. The van der Waals surface area contributed by atoms with Crippen LogP contribution in [0.5, 0.6) is 5.75 Å². The van der Waals surface area contributed by atoms with Crippen molar-refractivity contribution in [1.29, 1.82) is 0 Å². The highest BCUT2D eigenvalue weighted by Crippen LogP contribution is 2.26. The van der Waals surface area contributed by atoms with Gasteiger partial charge in [-0.3, -0.25) is 38.4 Å². The monoisotopic (exact) mass is 1020 g/mol. The largest absolute Gasteiger partial charge is 0.487 e. The Labute approximate surface area is 424 Å². The number of esters is 2. The van der Waals surface area contributed by atoms with E-state index in [0.717, 1.165) is 17.1 Å². The normalized spacial score (nSPS) is 28.2. The highest BCUT2D eigenvalue weighted by atomic mass is 16.6. The van der Waals surface area contributed by atoms with Crippen LogP contribution in [0.1, 0.15) is 85.9 Å². The van der Waals surface area contributed by atoms with Gasteiger partial charge in [0, 0.05) is 19.5 Å². The molecule has 22 nitrogen and oxygen atoms in total. The zero-order valence-electron chi connectivity index (χ0n) is 42.9. The molecule has 400 valence electrons. The number of benzene rings is 2. The van der Waals surface area contributed by atoms with E-state index in [4.69, 9.17) is 14.2 Å². The first-order valence-electron chi connectivity index (χ1n) is 24.3. The Balaban J connectivity index is 2.04. The van der Waals surface area contributed by atoms with Gasteiger partial charge in [-0.1, -0.05) is 97.4 Å². The number of hydrogen-bond acceptors (Lipinski definition) is 15. The molecule has 2 aromatic carbocycles. The second-order valence-corrected chi connectivity index (χ2v) is 19.3. The number of nitrogens with one attached hydrogen (secondary N) is 6. The third kappa shape index (κ3) is 15.5. The number of carbonyl (C=O) groups excluding carboxylic acids is 9. The summed E-state index contributed by atoms with van der Waals surface area (Å²) in [5.74, 6) is -12.2. The van der Waals surface area contributed by atoms with E-state index < -0.39 is 150 Å². The minimum absolute atomic E-state index is 0.0995. The molecule has 3 aliphatic heterocycles. The SMILES string of the molecule is CC[C@H](C)[C@H]1NC(=O)[C@@H](NC(=O)[C@H](C)[C@H](O)C(C)C)[C@@H](C)OC(=O)[C@H]2NC(=O)[C@@H](C(C)C)NC(=O)[C@@H](Cc3ccccc3)N(C)C(=O)[C@@H](NC1=O)c1ccc(cc1)O[C@H](C)[C@@](O)(CO)/C=C\C(=O)NCC(=O)O2. The fourth-order valence-electron chi connectivity index (χ4n) is 7.90. The van der Waals surface area contributed by atoms with Crippen LogP contribution in [-0.2, 0) is 59.0 Å². The van der Waals surface area contributed by atoms with Gasteiger partial charge in [0.2, 0.25) is 41.4 Å². The van der Waals surface area contributed by atoms with Crippen molar-refractivity contribution in [2.24, 2.45) is 23.7 Å². The van der Waals surface area contributed by atoms with Gasteiger partial charge in [0.1, 0.15) is 60.3 Å². The van der Waals surface area contributed by atoms with Crippen LogP contribution in [0.15, 0.2) is 66.7 Å². The number of aliphatic hydroxyl groups excluding tert-OH is 2. The average molecular weight is 1020 g/mol. The van der Waals surface area contributed by atoms with Gasteiger partial charge >= 0.3 is 11.9 Å². The number of nitrogens with zero attached hydrogens (tertiary/aromatic N) is 1. The second kappa shape index (κ2) is 26.2. The molecule has 4 bridgehead atoms. The van der Waals surface area contributed by atoms with Crippen LogP contribution in [0.2, 0.25) is 0 Å². The lowest BCUT2D eigenvalue weighted by Gasteiger charge is -2.34. The highest BCUT2D eigenvalue weighted by Gasteiger charge is 2.42. The molecule has 5 rings (SSSR count). The summed E-state index contributed by atoms with van der Waals surface area (Å²) in [4.78, 5) is 129. The molecule has 1 fully saturated rings. The molecule has 9 N–H and O–H groups in total. The lowest BCUT2D eigenvalue weighted by Crippen LogP contribution is -2.61. The molecule has 0 saturated carbocycles. The van der Waals surface area contributed by atoms with Crippen molar-refractivity contribution < 1.29 is 72.7 Å². The quantitative estimate of drug-likeness (QED) is 0.140. The van der Waals surface area contributed by atoms with Crippen LogP contribution in [0.4, 0.5) is 0 Å². The van der Waals surface area contributed by atoms with Gasteiger partial charge in [-0.15, -0.1) is 0 Å². The molecule has 3 aliphatic rings. The summed E-state index contributed by atoms with van der Waals surface area (Å²) < 4.78 is 17.0. The van der Waals surface area contributed by atoms with Crippen molar-refractivity contribution in [3.05, 3.63) is 77.9 Å². The standard InChI is InChI=1S/C51H71N7O15/c1-11-28(6)39-46(66)56-41-33-17-19-34(20-18-33)72-31(9)51(70,25-59)22-21-36(60)52-24-37(61)73-48(50(69)71-30(8)40(47(67)54-39)55-43(63)29(7)42(62)27(4)5)57-45(65)38(26(2)3)53-44(64)35(58(10)49(41)68)23-32-15-13-12-14-16-32/h12-22,26-31,35,38-42,48,59,62,70H,11,23-25H2,1-10H3,(H,52,60)(H,53,64)(H,54,67)(H,55,63)(H,56,66)(H,57,65)/b22-21-/t28-,29+,30+,31+,35+,38+,39+,40-,41-,42+,48-,51-/m0/s1. The molecular formula is C51H71N7O15. The number of likely N-dealkylation sites (N-methyl/N-ethyl adjacent to an activating group) is 1. The van der Waals surface area contributed by atoms with Gasteiger partial charge < -0.3 is 66.3 Å². The van der Waals surface area contributed by atoms with E-state index in [-0.39, 0.29) is 24.2 Å². The molecule has 7 amide bonds. The summed E-state index contributed by atoms with van der Waals surface area (Å²) in [6.45, 7) is 12.0. The molecule has 0 spiro atoms. The number of cyclic esters (lactones) is 1. The van der Waals surface area contributed by atoms with Crippen LogP contribution >= 0.6 is 0 Å². The minimum atomic E-state index is -2.35. The van der Waals surface area contributed by atoms with E-state index in [1.165, 1.54) is 52.1 Å². The lowest BCUT2D eigenvalue weighted by molar-refractivity contribution is -0.176. The number of amides is 7. The number of hydrogen-bond donors (Lipinski definition) is 9. The zero-order valence-corrected chi connectivity index (χ0v) is 42.9. The molecule has 3 heterocycles. The number of ether oxygens (including phenoxy) is 3. The maximum absolute atomic E-state index is 15.2. The Kier molecular flexibility index (Phi) is 21.0. The molecule has 12 atom stereocenters. The summed E-state index contributed by atoms with van der Waals surface area (Å²) in [6, 6.07) is 6.52. The van der Waals surface area contributed by atoms with Gasteiger partial charge in [0.25, 0.3) is 6.23 Å². The molecule has 1 saturated heterocycles. The van der Waals surface area contributed by atoms with E-state index in [1.54, 1.807) is 71.9 Å². The predicted molar refractivity (Wildman–Crippen MR) is 262 cm³/mol. The topological polar surface area (TPSA) is 317 Å². The molecular weight excluding hydrogens is 951 g/mol. The van der Waals surface area contributed by atoms with Crippen molar-refractivity contribution in [2.75, 3.05) is 20.2 Å². The Morgan fingerprint density at radius 1 is 0.808 bits per heavy atom. The van der Waals surface area contributed by atoms with E-state index in [2.05, 4.69) is 31.9 Å². The highest BCUT2D eigenvalue weighted by molar-refractivity contribution is 5.98. The summed E-state index contributed by atoms with van der Waals surface area (Å²) >= 11 is 0. The van der Waals surface area contributed by atoms with Crippen LogP contribution in [-0.4, -0.2) is 148 Å². The third-order valence-corrected chi connectivity index (χ3v) is 13.1. The molecule has 73 heavy (non-hydrogen) atoms. The number of aliphatic hydroxyl groups is 3. The fourth-order valence-corrected chi connectivity index (χ4v) is 7.90. The molecule has 22 heteroatoms. The Hall–Kier alpha value is -6.91. The van der Waals surface area contributed by atoms with Crippen molar-refractivity contribution in [3.63, 3.8) is 0 Å². The molecule has 0 radical (unpaired) electrons. The first-order valence-corrected chi connectivity index (χ1v) is 24.3. The maximum atomic E-state index is 15.2. The Morgan fingerprint density at radius 3 is 2.01 bits per heavy atom. The van der Waals surface area contributed by atoms with Gasteiger partial charge in [0.15, 0.2) is 0 Å². The maximum Gasteiger partial charge on any atom is 0.369 e. The summed E-state index contributed by atoms with van der Waals surface area (Å²) in [5.41, 5.74) is -1.45. The second-order valence-electron chi connectivity index (χ2n) is 19.3. The predicted octanol–water partition coefficient (Wildman–Crippen LogP) is -0.169. The van der Waals surface area contributed by atoms with Crippen LogP contribution < -0.4 is 36.6 Å². The first kappa shape index (κ1) is 58.7. The molecule has 2 aromatic rings. The summed E-state index contributed by atoms with van der Waals surface area (Å²) in [7, 11) is 1.33.